The van der Waals surface area contributed by atoms with E-state index in [-0.39, 0.29) is 18.2 Å². The highest BCUT2D eigenvalue weighted by Crippen LogP contribution is 2.43. The minimum atomic E-state index is -0.622. The van der Waals surface area contributed by atoms with Crippen LogP contribution in [0.25, 0.3) is 0 Å². The summed E-state index contributed by atoms with van der Waals surface area (Å²) < 4.78 is 5.60. The van der Waals surface area contributed by atoms with Crippen molar-refractivity contribution in [3.8, 4) is 0 Å². The molecule has 0 aromatic heterocycles. The maximum Gasteiger partial charge on any atom is 0.410 e. The van der Waals surface area contributed by atoms with Crippen LogP contribution in [0.3, 0.4) is 0 Å². The summed E-state index contributed by atoms with van der Waals surface area (Å²) in [5, 5.41) is 11.2. The lowest BCUT2D eigenvalue weighted by Crippen LogP contribution is -2.60. The summed E-state index contributed by atoms with van der Waals surface area (Å²) in [4.78, 5) is 14.7. The number of carbonyl (C=O) groups is 1. The fraction of sp³-hybridized carbons (Fsp3) is 0.682. The number of carbonyl (C=O) groups excluding carboxylic acids is 1. The van der Waals surface area contributed by atoms with Gasteiger partial charge in [-0.3, -0.25) is 0 Å². The van der Waals surface area contributed by atoms with Gasteiger partial charge in [0.25, 0.3) is 0 Å². The molecule has 2 unspecified atom stereocenters. The number of nitrogens with zero attached hydrogens (tertiary/aromatic N) is 1. The molecule has 0 aliphatic carbocycles. The number of hydrogen-bond acceptors (Lipinski definition) is 3. The lowest BCUT2D eigenvalue weighted by Gasteiger charge is -2.52. The molecule has 2 atom stereocenters. The third-order valence-corrected chi connectivity index (χ3v) is 6.33. The van der Waals surface area contributed by atoms with Crippen LogP contribution in [0.2, 0.25) is 0 Å². The topological polar surface area (TPSA) is 49.8 Å². The van der Waals surface area contributed by atoms with Gasteiger partial charge < -0.3 is 14.7 Å². The molecule has 144 valence electrons. The van der Waals surface area contributed by atoms with Crippen molar-refractivity contribution >= 4 is 6.09 Å². The van der Waals surface area contributed by atoms with Crippen LogP contribution in [0.15, 0.2) is 30.3 Å². The van der Waals surface area contributed by atoms with Gasteiger partial charge in [0.1, 0.15) is 6.61 Å². The molecule has 2 aliphatic heterocycles. The Kier molecular flexibility index (Phi) is 6.23. The van der Waals surface area contributed by atoms with E-state index in [9.17, 15) is 9.90 Å². The van der Waals surface area contributed by atoms with Gasteiger partial charge in [-0.1, -0.05) is 57.0 Å². The fourth-order valence-electron chi connectivity index (χ4n) is 4.90. The van der Waals surface area contributed by atoms with Gasteiger partial charge in [-0.05, 0) is 50.0 Å². The van der Waals surface area contributed by atoms with E-state index in [1.807, 2.05) is 35.2 Å². The van der Waals surface area contributed by atoms with E-state index in [2.05, 4.69) is 13.8 Å². The number of aliphatic hydroxyl groups is 1. The smallest absolute Gasteiger partial charge is 0.410 e. The standard InChI is InChI=1S/C22H33NO3/c1-3-17(4-2)13-22(25)14-19-11-8-12-20(15-22)23(19)21(24)26-16-18-9-6-5-7-10-18/h5-7,9-10,17,19-20,25H,3-4,8,11-16H2,1-2H3. The molecule has 1 aromatic carbocycles. The van der Waals surface area contributed by atoms with Gasteiger partial charge in [-0.2, -0.15) is 0 Å². The largest absolute Gasteiger partial charge is 0.445 e. The average Bonchev–Trinajstić information content (AvgIpc) is 2.64. The maximum absolute atomic E-state index is 12.8. The van der Waals surface area contributed by atoms with Gasteiger partial charge >= 0.3 is 6.09 Å². The minimum Gasteiger partial charge on any atom is -0.445 e. The van der Waals surface area contributed by atoms with Crippen LogP contribution in [0.4, 0.5) is 4.79 Å². The Labute approximate surface area is 157 Å². The highest BCUT2D eigenvalue weighted by atomic mass is 16.6. The Balaban J connectivity index is 1.63. The van der Waals surface area contributed by atoms with E-state index in [1.165, 1.54) is 0 Å². The lowest BCUT2D eigenvalue weighted by atomic mass is 9.71. The molecule has 4 heteroatoms. The Morgan fingerprint density at radius 3 is 2.38 bits per heavy atom. The van der Waals surface area contributed by atoms with Crippen molar-refractivity contribution in [3.05, 3.63) is 35.9 Å². The van der Waals surface area contributed by atoms with Crippen molar-refractivity contribution in [1.82, 2.24) is 4.90 Å². The molecule has 0 spiro atoms. The zero-order chi connectivity index (χ0) is 18.6. The summed E-state index contributed by atoms with van der Waals surface area (Å²) in [6, 6.07) is 10.0. The number of piperidine rings is 2. The summed E-state index contributed by atoms with van der Waals surface area (Å²) >= 11 is 0. The Morgan fingerprint density at radius 1 is 1.19 bits per heavy atom. The van der Waals surface area contributed by atoms with Crippen LogP contribution in [0.5, 0.6) is 0 Å². The van der Waals surface area contributed by atoms with E-state index in [0.29, 0.717) is 25.4 Å². The zero-order valence-electron chi connectivity index (χ0n) is 16.2. The quantitative estimate of drug-likeness (QED) is 0.786. The third kappa shape index (κ3) is 4.40. The SMILES string of the molecule is CCC(CC)CC1(O)CC2CCCC(C1)N2C(=O)OCc1ccccc1. The van der Waals surface area contributed by atoms with Gasteiger partial charge in [0.2, 0.25) is 0 Å². The normalized spacial score (nSPS) is 28.2. The van der Waals surface area contributed by atoms with Crippen molar-refractivity contribution in [3.63, 3.8) is 0 Å². The number of ether oxygens (including phenoxy) is 1. The van der Waals surface area contributed by atoms with Crippen LogP contribution < -0.4 is 0 Å². The van der Waals surface area contributed by atoms with Gasteiger partial charge in [-0.15, -0.1) is 0 Å². The number of fused-ring (bicyclic) bond motifs is 2. The van der Waals surface area contributed by atoms with Gasteiger partial charge in [0.05, 0.1) is 5.60 Å². The molecule has 1 amide bonds. The minimum absolute atomic E-state index is 0.116. The third-order valence-electron chi connectivity index (χ3n) is 6.33. The number of amides is 1. The summed E-state index contributed by atoms with van der Waals surface area (Å²) in [5.41, 5.74) is 0.385. The number of benzene rings is 1. The van der Waals surface area contributed by atoms with E-state index >= 15 is 0 Å². The predicted octanol–water partition coefficient (Wildman–Crippen LogP) is 4.90. The van der Waals surface area contributed by atoms with Gasteiger partial charge in [-0.25, -0.2) is 4.79 Å². The zero-order valence-corrected chi connectivity index (χ0v) is 16.2. The lowest BCUT2D eigenvalue weighted by molar-refractivity contribution is -0.0962. The van der Waals surface area contributed by atoms with Crippen LogP contribution >= 0.6 is 0 Å². The molecule has 1 N–H and O–H groups in total. The first-order valence-electron chi connectivity index (χ1n) is 10.3. The highest BCUT2D eigenvalue weighted by molar-refractivity contribution is 5.69. The second kappa shape index (κ2) is 8.43. The molecule has 2 heterocycles. The molecule has 2 saturated heterocycles. The van der Waals surface area contributed by atoms with Crippen molar-refractivity contribution in [2.75, 3.05) is 0 Å². The van der Waals surface area contributed by atoms with E-state index < -0.39 is 5.60 Å². The molecular formula is C22H33NO3. The summed E-state index contributed by atoms with van der Waals surface area (Å²) in [6.07, 6.45) is 7.34. The Hall–Kier alpha value is -1.55. The average molecular weight is 360 g/mol. The molecule has 26 heavy (non-hydrogen) atoms. The van der Waals surface area contributed by atoms with Gasteiger partial charge in [0, 0.05) is 12.1 Å². The summed E-state index contributed by atoms with van der Waals surface area (Å²) in [5.74, 6) is 0.567. The molecule has 4 nitrogen and oxygen atoms in total. The summed E-state index contributed by atoms with van der Waals surface area (Å²) in [6.45, 7) is 4.72. The first kappa shape index (κ1) is 19.2. The van der Waals surface area contributed by atoms with Crippen LogP contribution in [-0.4, -0.2) is 33.8 Å². The van der Waals surface area contributed by atoms with E-state index in [1.54, 1.807) is 0 Å². The molecule has 1 aromatic rings. The second-order valence-corrected chi connectivity index (χ2v) is 8.21. The predicted molar refractivity (Wildman–Crippen MR) is 103 cm³/mol. The molecule has 3 rings (SSSR count). The van der Waals surface area contributed by atoms with E-state index in [0.717, 1.165) is 44.1 Å². The van der Waals surface area contributed by atoms with E-state index in [4.69, 9.17) is 4.74 Å². The molecule has 0 saturated carbocycles. The molecule has 2 fully saturated rings. The number of rotatable bonds is 6. The first-order chi connectivity index (χ1) is 12.5. The maximum atomic E-state index is 12.8. The van der Waals surface area contributed by atoms with Crippen LogP contribution in [0, 0.1) is 5.92 Å². The molecule has 2 bridgehead atoms. The van der Waals surface area contributed by atoms with Crippen LogP contribution in [0.1, 0.15) is 70.8 Å². The van der Waals surface area contributed by atoms with Crippen molar-refractivity contribution in [1.29, 1.82) is 0 Å². The van der Waals surface area contributed by atoms with Crippen molar-refractivity contribution in [2.24, 2.45) is 5.92 Å². The molecule has 0 radical (unpaired) electrons. The second-order valence-electron chi connectivity index (χ2n) is 8.21. The fourth-order valence-corrected chi connectivity index (χ4v) is 4.90. The Morgan fingerprint density at radius 2 is 1.81 bits per heavy atom. The molecular weight excluding hydrogens is 326 g/mol. The first-order valence-corrected chi connectivity index (χ1v) is 10.3. The summed E-state index contributed by atoms with van der Waals surface area (Å²) in [7, 11) is 0. The van der Waals surface area contributed by atoms with Gasteiger partial charge in [0.15, 0.2) is 0 Å². The monoisotopic (exact) mass is 359 g/mol. The van der Waals surface area contributed by atoms with Crippen molar-refractivity contribution < 1.29 is 14.6 Å². The highest BCUT2D eigenvalue weighted by Gasteiger charge is 2.48. The van der Waals surface area contributed by atoms with Crippen LogP contribution in [-0.2, 0) is 11.3 Å². The molecule has 2 aliphatic rings. The van der Waals surface area contributed by atoms with Crippen molar-refractivity contribution in [2.45, 2.75) is 89.5 Å². The Bertz CT molecular complexity index is 570. The number of hydrogen-bond donors (Lipinski definition) is 1.